The predicted octanol–water partition coefficient (Wildman–Crippen LogP) is 6.94. The van der Waals surface area contributed by atoms with E-state index in [-0.39, 0.29) is 54.0 Å². The molecule has 0 aromatic heterocycles. The Balaban J connectivity index is 2.02. The van der Waals surface area contributed by atoms with Gasteiger partial charge in [-0.15, -0.1) is 0 Å². The maximum atomic E-state index is 13.9. The molecule has 0 unspecified atom stereocenters. The number of rotatable bonds is 4. The predicted molar refractivity (Wildman–Crippen MR) is 223 cm³/mol. The molecule has 3 aliphatic rings. The van der Waals surface area contributed by atoms with Gasteiger partial charge in [-0.2, -0.15) is 0 Å². The molecule has 0 aromatic carbocycles. The molecule has 1 aliphatic carbocycles. The average molecular weight is 803 g/mol. The number of aliphatic hydroxyl groups excluding tert-OH is 4. The summed E-state index contributed by atoms with van der Waals surface area (Å²) in [7, 11) is 0. The number of allylic oxidation sites excluding steroid dienone is 5. The summed E-state index contributed by atoms with van der Waals surface area (Å²) >= 11 is 0. The highest BCUT2D eigenvalue weighted by Gasteiger charge is 2.56. The molecular formula is C47H78O10. The van der Waals surface area contributed by atoms with E-state index in [2.05, 4.69) is 33.8 Å². The van der Waals surface area contributed by atoms with E-state index < -0.39 is 77.0 Å². The molecule has 57 heavy (non-hydrogen) atoms. The number of carbonyl (C=O) groups excluding carboxylic acids is 3. The Labute approximate surface area is 343 Å². The van der Waals surface area contributed by atoms with Crippen LogP contribution in [0.3, 0.4) is 0 Å². The molecule has 2 aliphatic heterocycles. The number of hydrogen-bond acceptors (Lipinski definition) is 10. The first-order valence-corrected chi connectivity index (χ1v) is 22.1. The Hall–Kier alpha value is -2.05. The van der Waals surface area contributed by atoms with Crippen molar-refractivity contribution in [1.29, 1.82) is 0 Å². The Kier molecular flexibility index (Phi) is 18.6. The van der Waals surface area contributed by atoms with Crippen molar-refractivity contribution in [3.8, 4) is 0 Å². The first kappa shape index (κ1) is 49.3. The number of Topliss-reactive ketones (excluding diaryl/α,β-unsaturated/α-hetero) is 2. The second kappa shape index (κ2) is 21.5. The number of carbonyl (C=O) groups is 3. The normalized spacial score (nSPS) is 44.6. The molecule has 5 N–H and O–H groups in total. The van der Waals surface area contributed by atoms with Gasteiger partial charge in [0.15, 0.2) is 17.4 Å². The van der Waals surface area contributed by atoms with Crippen LogP contribution in [0.2, 0.25) is 0 Å². The summed E-state index contributed by atoms with van der Waals surface area (Å²) in [5, 5.41) is 55.3. The van der Waals surface area contributed by atoms with Gasteiger partial charge in [-0.25, -0.2) is 0 Å². The molecule has 0 radical (unpaired) electrons. The summed E-state index contributed by atoms with van der Waals surface area (Å²) in [4.78, 5) is 41.0. The zero-order chi connectivity index (χ0) is 43.0. The Morgan fingerprint density at radius 2 is 1.47 bits per heavy atom. The number of aliphatic hydroxyl groups is 5. The van der Waals surface area contributed by atoms with E-state index in [0.717, 1.165) is 32.1 Å². The smallest absolute Gasteiger partial charge is 0.172 e. The molecule has 3 rings (SSSR count). The summed E-state index contributed by atoms with van der Waals surface area (Å²) in [5.41, 5.74) is -2.17. The fourth-order valence-electron chi connectivity index (χ4n) is 9.87. The maximum absolute atomic E-state index is 13.9. The molecule has 2 saturated heterocycles. The van der Waals surface area contributed by atoms with E-state index in [1.165, 1.54) is 26.8 Å². The van der Waals surface area contributed by atoms with Crippen molar-refractivity contribution in [2.24, 2.45) is 59.2 Å². The molecular weight excluding hydrogens is 725 g/mol. The number of ether oxygens (including phenoxy) is 2. The van der Waals surface area contributed by atoms with Crippen molar-refractivity contribution in [2.45, 2.75) is 182 Å². The lowest BCUT2D eigenvalue weighted by molar-refractivity contribution is -0.369. The van der Waals surface area contributed by atoms with Crippen LogP contribution in [0.1, 0.15) is 134 Å². The van der Waals surface area contributed by atoms with Crippen LogP contribution in [-0.4, -0.2) is 90.9 Å². The quantitative estimate of drug-likeness (QED) is 0.201. The van der Waals surface area contributed by atoms with Crippen LogP contribution in [0.25, 0.3) is 0 Å². The third kappa shape index (κ3) is 12.0. The van der Waals surface area contributed by atoms with Crippen molar-refractivity contribution >= 4 is 17.3 Å². The molecule has 0 saturated carbocycles. The van der Waals surface area contributed by atoms with Gasteiger partial charge in [0.25, 0.3) is 0 Å². The summed E-state index contributed by atoms with van der Waals surface area (Å²) in [6.07, 6.45) is 12.4. The third-order valence-electron chi connectivity index (χ3n) is 14.1. The fourth-order valence-corrected chi connectivity index (χ4v) is 9.87. The van der Waals surface area contributed by atoms with Gasteiger partial charge in [0.2, 0.25) is 0 Å². The van der Waals surface area contributed by atoms with Gasteiger partial charge < -0.3 is 35.0 Å². The fraction of sp³-hybridized carbons (Fsp3) is 0.809. The summed E-state index contributed by atoms with van der Waals surface area (Å²) in [6, 6.07) is 0. The van der Waals surface area contributed by atoms with Crippen LogP contribution in [-0.2, 0) is 23.9 Å². The minimum atomic E-state index is -2.17. The molecule has 10 nitrogen and oxygen atoms in total. The molecule has 326 valence electrons. The second-order valence-electron chi connectivity index (χ2n) is 18.6. The highest BCUT2D eigenvalue weighted by molar-refractivity contribution is 5.91. The van der Waals surface area contributed by atoms with Crippen LogP contribution >= 0.6 is 0 Å². The summed E-state index contributed by atoms with van der Waals surface area (Å²) in [6.45, 7) is 19.7. The van der Waals surface area contributed by atoms with Crippen molar-refractivity contribution < 1.29 is 49.4 Å². The monoisotopic (exact) mass is 803 g/mol. The minimum absolute atomic E-state index is 0.0329. The van der Waals surface area contributed by atoms with Gasteiger partial charge >= 0.3 is 0 Å². The van der Waals surface area contributed by atoms with Gasteiger partial charge in [-0.3, -0.25) is 14.4 Å². The van der Waals surface area contributed by atoms with Gasteiger partial charge in [-0.1, -0.05) is 92.7 Å². The highest BCUT2D eigenvalue weighted by Crippen LogP contribution is 2.52. The molecule has 1 spiro atoms. The molecule has 2 bridgehead atoms. The first-order chi connectivity index (χ1) is 26.6. The lowest BCUT2D eigenvalue weighted by atomic mass is 9.66. The van der Waals surface area contributed by atoms with Crippen molar-refractivity contribution in [3.05, 3.63) is 36.5 Å². The molecule has 10 heteroatoms. The zero-order valence-corrected chi connectivity index (χ0v) is 36.8. The Morgan fingerprint density at radius 3 is 2.09 bits per heavy atom. The van der Waals surface area contributed by atoms with Crippen molar-refractivity contribution in [3.63, 3.8) is 0 Å². The van der Waals surface area contributed by atoms with E-state index in [0.29, 0.717) is 19.3 Å². The third-order valence-corrected chi connectivity index (χ3v) is 14.1. The summed E-state index contributed by atoms with van der Waals surface area (Å²) < 4.78 is 14.1. The number of hydrogen-bond donors (Lipinski definition) is 5. The minimum Gasteiger partial charge on any atom is -0.393 e. The lowest BCUT2D eigenvalue weighted by Gasteiger charge is -2.57. The Bertz CT molecular complexity index is 1400. The number of fused-ring (bicyclic) bond motifs is 2. The van der Waals surface area contributed by atoms with Gasteiger partial charge in [0, 0.05) is 42.4 Å². The standard InChI is InChI=1S/C47H78O10/c1-12-35-18-16-14-15-17-29(5)44(53)46(11,55)45(54)34(10)43(52)33(9)42(51)32(8)41(50)28(4)19-21-36(49)26-37-31(7)39(22-20-35)56-47(38(37)13-2)24-23-27(3)40(57-47)25-30(6)48/h14-16,18-19,21,27-35,37-41,43-44,48,50,52-53,55H,12-13,17,20,22-26H2,1-11H3/t27-,28-,29+,30+,31-,32-,33-,34-,35-,37+,38-,39-,40-,41+,43+,44-,46-,47+/m1/s1. The maximum Gasteiger partial charge on any atom is 0.172 e. The molecule has 0 amide bonds. The van der Waals surface area contributed by atoms with E-state index in [4.69, 9.17) is 9.47 Å². The Morgan fingerprint density at radius 1 is 0.825 bits per heavy atom. The summed E-state index contributed by atoms with van der Waals surface area (Å²) in [5.74, 6) is -5.87. The topological polar surface area (TPSA) is 171 Å². The number of ketones is 3. The van der Waals surface area contributed by atoms with Crippen LogP contribution in [0.15, 0.2) is 36.5 Å². The van der Waals surface area contributed by atoms with Crippen molar-refractivity contribution in [2.75, 3.05) is 0 Å². The molecule has 0 aromatic rings. The zero-order valence-electron chi connectivity index (χ0n) is 36.8. The van der Waals surface area contributed by atoms with E-state index in [9.17, 15) is 39.9 Å². The molecule has 2 heterocycles. The van der Waals surface area contributed by atoms with Gasteiger partial charge in [-0.05, 0) is 94.5 Å². The van der Waals surface area contributed by atoms with Gasteiger partial charge in [0.05, 0.1) is 36.6 Å². The molecule has 2 fully saturated rings. The second-order valence-corrected chi connectivity index (χ2v) is 18.6. The van der Waals surface area contributed by atoms with Crippen LogP contribution in [0.4, 0.5) is 0 Å². The highest BCUT2D eigenvalue weighted by atomic mass is 16.7. The van der Waals surface area contributed by atoms with E-state index in [1.54, 1.807) is 33.8 Å². The largest absolute Gasteiger partial charge is 0.393 e. The van der Waals surface area contributed by atoms with E-state index in [1.807, 2.05) is 18.2 Å². The van der Waals surface area contributed by atoms with Crippen molar-refractivity contribution in [1.82, 2.24) is 0 Å². The molecule has 18 atom stereocenters. The average Bonchev–Trinajstić information content (AvgIpc) is 3.17. The van der Waals surface area contributed by atoms with Crippen LogP contribution in [0.5, 0.6) is 0 Å². The van der Waals surface area contributed by atoms with Crippen LogP contribution < -0.4 is 0 Å². The first-order valence-electron chi connectivity index (χ1n) is 22.1. The van der Waals surface area contributed by atoms with E-state index >= 15 is 0 Å². The van der Waals surface area contributed by atoms with Crippen LogP contribution in [0, 0.1) is 59.2 Å². The lowest BCUT2D eigenvalue weighted by Crippen LogP contribution is -2.60. The SMILES string of the molecule is CC[C@@H]1C=CC=CC[C@H](C)[C@@H](O)[C@@](C)(O)C(=O)[C@H](C)[C@@H](O)[C@H](C)C(=O)[C@H](C)[C@@H](O)[C@H](C)C=CC(=O)C[C@H]2[C@@H](C)[C@@H](CC1)O[C@]1(CC[C@@H](C)[C@@H](C[C@H](C)O)O1)[C@@H]2CC. The van der Waals surface area contributed by atoms with Gasteiger partial charge in [0.1, 0.15) is 11.4 Å².